The SMILES string of the molecule is CC[C@@]1(O)C(=O)OCc2c1cc1n(c2=O)Cc2c-1nc1cc3c(cc1c2COCNC(=O)CNC(=O)[C@H](Cc1ccccc1)NC(=O)CNC(=O)CNC(=O)CCCCCN1C(=O)C=CC1O)OCO3. The van der Waals surface area contributed by atoms with Crippen LogP contribution < -0.4 is 41.6 Å². The highest BCUT2D eigenvalue weighted by atomic mass is 16.7. The minimum atomic E-state index is -2.01. The Hall–Kier alpha value is -7.69. The molecule has 0 saturated carbocycles. The Morgan fingerprint density at radius 2 is 1.60 bits per heavy atom. The van der Waals surface area contributed by atoms with Crippen molar-refractivity contribution in [1.82, 2.24) is 41.0 Å². The predicted octanol–water partition coefficient (Wildman–Crippen LogP) is -0.248. The Kier molecular flexibility index (Phi) is 14.8. The fraction of sp³-hybridized carbons (Fsp3) is 0.396. The maximum atomic E-state index is 13.9. The molecule has 70 heavy (non-hydrogen) atoms. The summed E-state index contributed by atoms with van der Waals surface area (Å²) in [6.45, 7) is 0.0743. The molecule has 0 bridgehead atoms. The van der Waals surface area contributed by atoms with E-state index >= 15 is 0 Å². The summed E-state index contributed by atoms with van der Waals surface area (Å²) in [5.41, 5.74) is 1.22. The minimum Gasteiger partial charge on any atom is -0.458 e. The largest absolute Gasteiger partial charge is 0.458 e. The Bertz CT molecular complexity index is 2830. The molecule has 22 heteroatoms. The van der Waals surface area contributed by atoms with Crippen molar-refractivity contribution < 1.29 is 62.7 Å². The van der Waals surface area contributed by atoms with Crippen molar-refractivity contribution in [1.29, 1.82) is 0 Å². The van der Waals surface area contributed by atoms with Crippen LogP contribution in [0.2, 0.25) is 0 Å². The van der Waals surface area contributed by atoms with Crippen molar-refractivity contribution in [2.75, 3.05) is 39.7 Å². The van der Waals surface area contributed by atoms with Crippen molar-refractivity contribution in [3.63, 3.8) is 0 Å². The number of aromatic nitrogens is 2. The van der Waals surface area contributed by atoms with Gasteiger partial charge in [-0.1, -0.05) is 43.7 Å². The lowest BCUT2D eigenvalue weighted by atomic mass is 9.86. The molecule has 0 radical (unpaired) electrons. The van der Waals surface area contributed by atoms with Gasteiger partial charge in [0.1, 0.15) is 25.6 Å². The van der Waals surface area contributed by atoms with Gasteiger partial charge < -0.3 is 65.2 Å². The molecule has 2 aromatic carbocycles. The van der Waals surface area contributed by atoms with Gasteiger partial charge in [-0.15, -0.1) is 0 Å². The summed E-state index contributed by atoms with van der Waals surface area (Å²) in [5.74, 6) is -3.13. The summed E-state index contributed by atoms with van der Waals surface area (Å²) in [6.07, 6.45) is 3.67. The normalized spacial score (nSPS) is 17.6. The molecule has 4 aromatic rings. The first-order valence-corrected chi connectivity index (χ1v) is 22.8. The molecule has 0 spiro atoms. The van der Waals surface area contributed by atoms with Gasteiger partial charge in [-0.3, -0.25) is 33.6 Å². The maximum absolute atomic E-state index is 13.9. The van der Waals surface area contributed by atoms with Crippen LogP contribution in [0.5, 0.6) is 11.5 Å². The number of hydrogen-bond donors (Lipinski definition) is 7. The smallest absolute Gasteiger partial charge is 0.343 e. The van der Waals surface area contributed by atoms with E-state index in [1.807, 2.05) is 0 Å². The molecule has 22 nitrogen and oxygen atoms in total. The van der Waals surface area contributed by atoms with Crippen LogP contribution in [-0.4, -0.2) is 118 Å². The van der Waals surface area contributed by atoms with Crippen LogP contribution in [0.4, 0.5) is 0 Å². The van der Waals surface area contributed by atoms with Crippen LogP contribution in [-0.2, 0) is 74.8 Å². The van der Waals surface area contributed by atoms with Gasteiger partial charge in [0.15, 0.2) is 17.1 Å². The number of carbonyl (C=O) groups is 7. The number of aliphatic hydroxyl groups excluding tert-OH is 1. The number of unbranched alkanes of at least 4 members (excludes halogenated alkanes) is 2. The first-order valence-electron chi connectivity index (χ1n) is 22.8. The van der Waals surface area contributed by atoms with Crippen molar-refractivity contribution in [2.24, 2.45) is 0 Å². The predicted molar refractivity (Wildman–Crippen MR) is 245 cm³/mol. The molecule has 0 aliphatic carbocycles. The summed E-state index contributed by atoms with van der Waals surface area (Å²) in [7, 11) is 0. The van der Waals surface area contributed by atoms with E-state index in [-0.39, 0.29) is 82.0 Å². The van der Waals surface area contributed by atoms with E-state index in [0.717, 1.165) is 0 Å². The molecule has 2 aromatic heterocycles. The maximum Gasteiger partial charge on any atom is 0.343 e. The molecule has 1 unspecified atom stereocenters. The summed E-state index contributed by atoms with van der Waals surface area (Å²) in [5, 5.41) is 34.4. The number of ether oxygens (including phenoxy) is 4. The summed E-state index contributed by atoms with van der Waals surface area (Å²) >= 11 is 0. The van der Waals surface area contributed by atoms with Gasteiger partial charge in [0.2, 0.25) is 42.2 Å². The molecule has 3 atom stereocenters. The Labute approximate surface area is 399 Å². The van der Waals surface area contributed by atoms with E-state index in [4.69, 9.17) is 23.9 Å². The molecule has 0 saturated heterocycles. The Morgan fingerprint density at radius 3 is 2.36 bits per heavy atom. The second-order valence-electron chi connectivity index (χ2n) is 17.0. The molecule has 4 aliphatic heterocycles. The second kappa shape index (κ2) is 21.3. The van der Waals surface area contributed by atoms with Gasteiger partial charge in [0.05, 0.1) is 55.3 Å². The van der Waals surface area contributed by atoms with Gasteiger partial charge in [0.25, 0.3) is 5.56 Å². The molecule has 368 valence electrons. The summed E-state index contributed by atoms with van der Waals surface area (Å²) < 4.78 is 23.9. The number of rotatable bonds is 21. The minimum absolute atomic E-state index is 0.0112. The lowest BCUT2D eigenvalue weighted by Gasteiger charge is -2.31. The number of cyclic esters (lactones) is 1. The lowest BCUT2D eigenvalue weighted by Crippen LogP contribution is -2.52. The van der Waals surface area contributed by atoms with Crippen molar-refractivity contribution in [2.45, 2.75) is 83.1 Å². The number of amides is 6. The van der Waals surface area contributed by atoms with Gasteiger partial charge in [-0.2, -0.15) is 0 Å². The fourth-order valence-electron chi connectivity index (χ4n) is 8.65. The number of benzene rings is 2. The lowest BCUT2D eigenvalue weighted by molar-refractivity contribution is -0.172. The second-order valence-corrected chi connectivity index (χ2v) is 17.0. The van der Waals surface area contributed by atoms with E-state index < -0.39 is 66.1 Å². The highest BCUT2D eigenvalue weighted by molar-refractivity contribution is 5.94. The Balaban J connectivity index is 0.829. The zero-order valence-electron chi connectivity index (χ0n) is 38.2. The van der Waals surface area contributed by atoms with Crippen LogP contribution in [0, 0.1) is 0 Å². The highest BCUT2D eigenvalue weighted by Crippen LogP contribution is 2.43. The van der Waals surface area contributed by atoms with Crippen molar-refractivity contribution >= 4 is 52.3 Å². The summed E-state index contributed by atoms with van der Waals surface area (Å²) in [4.78, 5) is 109. The van der Waals surface area contributed by atoms with Crippen LogP contribution in [0.1, 0.15) is 66.8 Å². The Morgan fingerprint density at radius 1 is 0.871 bits per heavy atom. The zero-order valence-corrected chi connectivity index (χ0v) is 38.2. The molecule has 6 heterocycles. The third kappa shape index (κ3) is 10.6. The van der Waals surface area contributed by atoms with Crippen molar-refractivity contribution in [3.8, 4) is 22.9 Å². The van der Waals surface area contributed by atoms with Crippen LogP contribution >= 0.6 is 0 Å². The molecule has 6 amide bonds. The number of pyridine rings is 2. The van der Waals surface area contributed by atoms with Gasteiger partial charge >= 0.3 is 5.97 Å². The molecular formula is C48H52N8O14. The standard InChI is InChI=1S/C48H52N8O14/c1-2-48(66)32-17-35-44-29(22-56(35)46(64)31(32)24-68-47(48)65)30(28-16-36-37(70-26-69-36)18-33(28)54-44)23-67-25-52-40(59)20-51-45(63)34(15-27-9-5-3-6-10-27)53-41(60)21-50-39(58)19-49-38(57)11-7-4-8-14-55-42(61)12-13-43(55)62/h3,5-6,9-10,12-13,16-18,34,42,61,66H,2,4,7-8,11,14-15,19-26H2,1H3,(H,49,57)(H,50,58)(H,51,63)(H,52,59)(H,53,60)/t34-,42?,48-/m0/s1. The van der Waals surface area contributed by atoms with E-state index in [1.54, 1.807) is 55.5 Å². The highest BCUT2D eigenvalue weighted by Gasteiger charge is 2.45. The van der Waals surface area contributed by atoms with Crippen molar-refractivity contribution in [3.05, 3.63) is 98.9 Å². The third-order valence-electron chi connectivity index (χ3n) is 12.5. The monoisotopic (exact) mass is 964 g/mol. The number of hydrogen-bond acceptors (Lipinski definition) is 15. The van der Waals surface area contributed by atoms with Gasteiger partial charge in [-0.05, 0) is 48.6 Å². The fourth-order valence-corrected chi connectivity index (χ4v) is 8.65. The molecule has 8 rings (SSSR count). The van der Waals surface area contributed by atoms with Gasteiger partial charge in [-0.25, -0.2) is 9.78 Å². The number of fused-ring (bicyclic) bond motifs is 6. The number of esters is 1. The first-order chi connectivity index (χ1) is 33.7. The average molecular weight is 965 g/mol. The quantitative estimate of drug-likeness (QED) is 0.0284. The molecule has 0 fully saturated rings. The number of nitrogens with zero attached hydrogens (tertiary/aromatic N) is 3. The average Bonchev–Trinajstić information content (AvgIpc) is 4.07. The van der Waals surface area contributed by atoms with Gasteiger partial charge in [0, 0.05) is 48.0 Å². The van der Waals surface area contributed by atoms with Crippen LogP contribution in [0.3, 0.4) is 0 Å². The van der Waals surface area contributed by atoms with E-state index in [1.165, 1.54) is 21.6 Å². The topological polar surface area (TPSA) is 295 Å². The van der Waals surface area contributed by atoms with E-state index in [9.17, 15) is 48.6 Å². The van der Waals surface area contributed by atoms with Crippen LogP contribution in [0.25, 0.3) is 22.3 Å². The number of nitrogens with one attached hydrogen (secondary N) is 5. The zero-order chi connectivity index (χ0) is 49.5. The molecule has 7 N–H and O–H groups in total. The van der Waals surface area contributed by atoms with Crippen LogP contribution in [0.15, 0.2) is 65.5 Å². The summed E-state index contributed by atoms with van der Waals surface area (Å²) in [6, 6.07) is 12.8. The molecular weight excluding hydrogens is 913 g/mol. The van der Waals surface area contributed by atoms with E-state index in [2.05, 4.69) is 26.6 Å². The van der Waals surface area contributed by atoms with E-state index in [0.29, 0.717) is 76.3 Å². The first kappa shape index (κ1) is 48.8. The number of aliphatic hydroxyl groups is 2. The molecule has 4 aliphatic rings. The third-order valence-corrected chi connectivity index (χ3v) is 12.5. The number of carbonyl (C=O) groups excluding carboxylic acids is 7.